The first kappa shape index (κ1) is 8.75. The van der Waals surface area contributed by atoms with Gasteiger partial charge >= 0.3 is 0 Å². The predicted molar refractivity (Wildman–Crippen MR) is 52.6 cm³/mol. The number of hydrogen-bond acceptors (Lipinski definition) is 2. The van der Waals surface area contributed by atoms with Crippen LogP contribution < -0.4 is 5.32 Å². The smallest absolute Gasteiger partial charge is 0.0946 e. The summed E-state index contributed by atoms with van der Waals surface area (Å²) in [6.07, 6.45) is 7.92. The molecule has 0 spiro atoms. The summed E-state index contributed by atoms with van der Waals surface area (Å²) >= 11 is 0. The molecule has 2 unspecified atom stereocenters. The third kappa shape index (κ3) is 1.61. The van der Waals surface area contributed by atoms with E-state index in [2.05, 4.69) is 16.5 Å². The van der Waals surface area contributed by atoms with Crippen molar-refractivity contribution >= 4 is 0 Å². The highest BCUT2D eigenvalue weighted by atomic mass is 15.0. The molecule has 2 rings (SSSR count). The van der Waals surface area contributed by atoms with Crippen molar-refractivity contribution in [2.24, 2.45) is 7.05 Å². The minimum absolute atomic E-state index is 0.631. The maximum absolute atomic E-state index is 4.42. The van der Waals surface area contributed by atoms with Gasteiger partial charge in [0.15, 0.2) is 0 Å². The third-order valence-corrected chi connectivity index (χ3v) is 2.99. The number of nitrogens with one attached hydrogen (secondary N) is 1. The second kappa shape index (κ2) is 3.50. The van der Waals surface area contributed by atoms with Gasteiger partial charge in [-0.25, -0.2) is 4.98 Å². The second-order valence-corrected chi connectivity index (χ2v) is 3.90. The third-order valence-electron chi connectivity index (χ3n) is 2.99. The summed E-state index contributed by atoms with van der Waals surface area (Å²) < 4.78 is 2.03. The molecule has 1 heterocycles. The lowest BCUT2D eigenvalue weighted by Crippen LogP contribution is -2.27. The van der Waals surface area contributed by atoms with Gasteiger partial charge in [-0.1, -0.05) is 6.42 Å². The molecule has 0 bridgehead atoms. The zero-order chi connectivity index (χ0) is 9.26. The molecule has 3 heteroatoms. The Morgan fingerprint density at radius 2 is 2.38 bits per heavy atom. The Morgan fingerprint density at radius 3 is 3.00 bits per heavy atom. The van der Waals surface area contributed by atoms with Crippen molar-refractivity contribution in [2.75, 3.05) is 7.05 Å². The Bertz CT molecular complexity index is 279. The summed E-state index contributed by atoms with van der Waals surface area (Å²) in [4.78, 5) is 4.42. The molecule has 1 aliphatic rings. The fourth-order valence-corrected chi connectivity index (χ4v) is 2.28. The minimum atomic E-state index is 0.631. The minimum Gasteiger partial charge on any atom is -0.340 e. The van der Waals surface area contributed by atoms with Crippen molar-refractivity contribution in [2.45, 2.75) is 31.2 Å². The maximum Gasteiger partial charge on any atom is 0.0946 e. The highest BCUT2D eigenvalue weighted by molar-refractivity contribution is 5.10. The zero-order valence-electron chi connectivity index (χ0n) is 8.33. The molecule has 13 heavy (non-hydrogen) atoms. The molecule has 2 atom stereocenters. The maximum atomic E-state index is 4.42. The topological polar surface area (TPSA) is 29.9 Å². The van der Waals surface area contributed by atoms with Crippen LogP contribution in [0.5, 0.6) is 0 Å². The lowest BCUT2D eigenvalue weighted by molar-refractivity contribution is 0.515. The molecule has 1 fully saturated rings. The Hall–Kier alpha value is -0.830. The predicted octanol–water partition coefficient (Wildman–Crippen LogP) is 1.28. The van der Waals surface area contributed by atoms with Gasteiger partial charge in [0.2, 0.25) is 0 Å². The van der Waals surface area contributed by atoms with E-state index in [0.717, 1.165) is 0 Å². The van der Waals surface area contributed by atoms with Crippen molar-refractivity contribution < 1.29 is 0 Å². The molecule has 3 nitrogen and oxygen atoms in total. The molecule has 0 aliphatic heterocycles. The standard InChI is InChI=1S/C10H17N3/c1-11-9-5-3-4-8(9)10-6-13(2)7-12-10/h6-9,11H,3-5H2,1-2H3. The first-order valence-corrected chi connectivity index (χ1v) is 4.96. The zero-order valence-corrected chi connectivity index (χ0v) is 8.33. The van der Waals surface area contributed by atoms with Crippen molar-refractivity contribution in [3.8, 4) is 0 Å². The van der Waals surface area contributed by atoms with E-state index in [0.29, 0.717) is 12.0 Å². The van der Waals surface area contributed by atoms with Gasteiger partial charge in [0.25, 0.3) is 0 Å². The number of aryl methyl sites for hydroxylation is 1. The summed E-state index contributed by atoms with van der Waals surface area (Å²) in [5, 5.41) is 3.37. The molecular formula is C10H17N3. The molecule has 0 radical (unpaired) electrons. The Labute approximate surface area is 79.2 Å². The number of likely N-dealkylation sites (N-methyl/N-ethyl adjacent to an activating group) is 1. The second-order valence-electron chi connectivity index (χ2n) is 3.90. The summed E-state index contributed by atoms with van der Waals surface area (Å²) in [6.45, 7) is 0. The van der Waals surface area contributed by atoms with Crippen LogP contribution in [0.2, 0.25) is 0 Å². The van der Waals surface area contributed by atoms with E-state index >= 15 is 0 Å². The first-order chi connectivity index (χ1) is 6.31. The summed E-state index contributed by atoms with van der Waals surface area (Å²) in [6, 6.07) is 0.634. The van der Waals surface area contributed by atoms with Gasteiger partial charge in [-0.2, -0.15) is 0 Å². The van der Waals surface area contributed by atoms with Crippen LogP contribution in [0, 0.1) is 0 Å². The van der Waals surface area contributed by atoms with Crippen LogP contribution in [-0.2, 0) is 7.05 Å². The number of aromatic nitrogens is 2. The van der Waals surface area contributed by atoms with E-state index in [9.17, 15) is 0 Å². The van der Waals surface area contributed by atoms with Crippen LogP contribution in [-0.4, -0.2) is 22.6 Å². The van der Waals surface area contributed by atoms with Crippen molar-refractivity contribution in [1.82, 2.24) is 14.9 Å². The molecule has 0 saturated heterocycles. The number of hydrogen-bond donors (Lipinski definition) is 1. The molecule has 1 aliphatic carbocycles. The average molecular weight is 179 g/mol. The Balaban J connectivity index is 2.15. The highest BCUT2D eigenvalue weighted by Gasteiger charge is 2.28. The van der Waals surface area contributed by atoms with Gasteiger partial charge in [0, 0.05) is 25.2 Å². The molecule has 0 amide bonds. The van der Waals surface area contributed by atoms with Gasteiger partial charge < -0.3 is 9.88 Å². The number of imidazole rings is 1. The average Bonchev–Trinajstić information content (AvgIpc) is 2.71. The van der Waals surface area contributed by atoms with E-state index in [4.69, 9.17) is 0 Å². The van der Waals surface area contributed by atoms with Crippen molar-refractivity contribution in [1.29, 1.82) is 0 Å². The lowest BCUT2D eigenvalue weighted by atomic mass is 10.0. The Kier molecular flexibility index (Phi) is 2.36. The van der Waals surface area contributed by atoms with E-state index in [1.807, 2.05) is 25.0 Å². The summed E-state index contributed by atoms with van der Waals surface area (Å²) in [5.74, 6) is 0.631. The molecule has 1 saturated carbocycles. The lowest BCUT2D eigenvalue weighted by Gasteiger charge is -2.16. The Morgan fingerprint density at radius 1 is 1.54 bits per heavy atom. The van der Waals surface area contributed by atoms with E-state index in [1.165, 1.54) is 25.0 Å². The van der Waals surface area contributed by atoms with Crippen LogP contribution in [0.3, 0.4) is 0 Å². The van der Waals surface area contributed by atoms with E-state index in [-0.39, 0.29) is 0 Å². The molecule has 1 aromatic heterocycles. The highest BCUT2D eigenvalue weighted by Crippen LogP contribution is 2.33. The van der Waals surface area contributed by atoms with Gasteiger partial charge in [-0.15, -0.1) is 0 Å². The molecule has 0 aromatic carbocycles. The van der Waals surface area contributed by atoms with Crippen LogP contribution in [0.25, 0.3) is 0 Å². The monoisotopic (exact) mass is 179 g/mol. The van der Waals surface area contributed by atoms with Gasteiger partial charge in [-0.05, 0) is 19.9 Å². The summed E-state index contributed by atoms with van der Waals surface area (Å²) in [5.41, 5.74) is 1.25. The quantitative estimate of drug-likeness (QED) is 0.741. The van der Waals surface area contributed by atoms with Crippen LogP contribution >= 0.6 is 0 Å². The van der Waals surface area contributed by atoms with Crippen molar-refractivity contribution in [3.63, 3.8) is 0 Å². The van der Waals surface area contributed by atoms with Crippen LogP contribution in [0.4, 0.5) is 0 Å². The molecular weight excluding hydrogens is 162 g/mol. The molecule has 1 N–H and O–H groups in total. The van der Waals surface area contributed by atoms with Gasteiger partial charge in [0.05, 0.1) is 12.0 Å². The van der Waals surface area contributed by atoms with Crippen LogP contribution in [0.15, 0.2) is 12.5 Å². The normalized spacial score (nSPS) is 28.2. The fraction of sp³-hybridized carbons (Fsp3) is 0.700. The van der Waals surface area contributed by atoms with Crippen molar-refractivity contribution in [3.05, 3.63) is 18.2 Å². The van der Waals surface area contributed by atoms with Gasteiger partial charge in [0.1, 0.15) is 0 Å². The molecule has 1 aromatic rings. The van der Waals surface area contributed by atoms with E-state index in [1.54, 1.807) is 0 Å². The molecule has 72 valence electrons. The number of rotatable bonds is 2. The first-order valence-electron chi connectivity index (χ1n) is 4.96. The van der Waals surface area contributed by atoms with Gasteiger partial charge in [-0.3, -0.25) is 0 Å². The largest absolute Gasteiger partial charge is 0.340 e. The van der Waals surface area contributed by atoms with E-state index < -0.39 is 0 Å². The SMILES string of the molecule is CNC1CCCC1c1cn(C)cn1. The fourth-order valence-electron chi connectivity index (χ4n) is 2.28. The number of nitrogens with zero attached hydrogens (tertiary/aromatic N) is 2. The summed E-state index contributed by atoms with van der Waals surface area (Å²) in [7, 11) is 4.08. The van der Waals surface area contributed by atoms with Crippen LogP contribution in [0.1, 0.15) is 30.9 Å².